The van der Waals surface area contributed by atoms with Crippen LogP contribution in [0.25, 0.3) is 0 Å². The van der Waals surface area contributed by atoms with Crippen LogP contribution in [0.4, 0.5) is 5.82 Å². The summed E-state index contributed by atoms with van der Waals surface area (Å²) < 4.78 is 5.63. The van der Waals surface area contributed by atoms with Crippen molar-refractivity contribution in [3.63, 3.8) is 0 Å². The van der Waals surface area contributed by atoms with Crippen LogP contribution in [0.15, 0.2) is 11.1 Å². The third kappa shape index (κ3) is 2.95. The molecule has 0 radical (unpaired) electrons. The van der Waals surface area contributed by atoms with Gasteiger partial charge in [-0.25, -0.2) is 4.98 Å². The second kappa shape index (κ2) is 5.30. The zero-order valence-electron chi connectivity index (χ0n) is 8.00. The van der Waals surface area contributed by atoms with Crippen LogP contribution < -0.4 is 10.9 Å². The fourth-order valence-corrected chi connectivity index (χ4v) is 1.32. The summed E-state index contributed by atoms with van der Waals surface area (Å²) >= 11 is 1.95. The van der Waals surface area contributed by atoms with Gasteiger partial charge in [0.05, 0.1) is 12.4 Å². The SMILES string of the molecule is COC(C)CNc1nc[nH]c(=O)c1I. The Morgan fingerprint density at radius 1 is 1.79 bits per heavy atom. The number of aromatic nitrogens is 2. The van der Waals surface area contributed by atoms with Crippen molar-refractivity contribution in [1.29, 1.82) is 0 Å². The van der Waals surface area contributed by atoms with E-state index < -0.39 is 0 Å². The molecule has 0 aliphatic carbocycles. The van der Waals surface area contributed by atoms with E-state index in [1.807, 2.05) is 29.5 Å². The summed E-state index contributed by atoms with van der Waals surface area (Å²) in [4.78, 5) is 17.7. The first-order valence-electron chi connectivity index (χ1n) is 4.15. The summed E-state index contributed by atoms with van der Waals surface area (Å²) in [5.41, 5.74) is -0.131. The zero-order valence-corrected chi connectivity index (χ0v) is 10.2. The van der Waals surface area contributed by atoms with Gasteiger partial charge in [-0.3, -0.25) is 4.79 Å². The van der Waals surface area contributed by atoms with E-state index in [1.54, 1.807) is 7.11 Å². The van der Waals surface area contributed by atoms with Crippen molar-refractivity contribution < 1.29 is 4.74 Å². The first-order valence-corrected chi connectivity index (χ1v) is 5.23. The Labute approximate surface area is 95.4 Å². The highest BCUT2D eigenvalue weighted by Gasteiger charge is 2.05. The lowest BCUT2D eigenvalue weighted by Crippen LogP contribution is -2.21. The van der Waals surface area contributed by atoms with Gasteiger partial charge < -0.3 is 15.0 Å². The molecule has 1 rings (SSSR count). The number of nitrogens with one attached hydrogen (secondary N) is 2. The van der Waals surface area contributed by atoms with Gasteiger partial charge in [0, 0.05) is 13.7 Å². The van der Waals surface area contributed by atoms with E-state index in [9.17, 15) is 4.79 Å². The van der Waals surface area contributed by atoms with Crippen LogP contribution in [0.1, 0.15) is 6.92 Å². The van der Waals surface area contributed by atoms with Gasteiger partial charge in [-0.05, 0) is 29.5 Å². The van der Waals surface area contributed by atoms with Crippen molar-refractivity contribution in [2.75, 3.05) is 19.0 Å². The molecule has 6 heteroatoms. The first kappa shape index (κ1) is 11.4. The summed E-state index contributed by atoms with van der Waals surface area (Å²) in [7, 11) is 1.64. The van der Waals surface area contributed by atoms with E-state index >= 15 is 0 Å². The molecule has 14 heavy (non-hydrogen) atoms. The summed E-state index contributed by atoms with van der Waals surface area (Å²) in [6, 6.07) is 0. The minimum atomic E-state index is -0.131. The highest BCUT2D eigenvalue weighted by atomic mass is 127. The molecule has 78 valence electrons. The molecule has 1 aromatic heterocycles. The Morgan fingerprint density at radius 3 is 3.14 bits per heavy atom. The molecule has 0 amide bonds. The van der Waals surface area contributed by atoms with Gasteiger partial charge in [0.2, 0.25) is 0 Å². The third-order valence-corrected chi connectivity index (χ3v) is 2.76. The van der Waals surface area contributed by atoms with E-state index in [-0.39, 0.29) is 11.7 Å². The molecule has 1 atom stereocenters. The molecule has 1 unspecified atom stereocenters. The molecular formula is C8H12IN3O2. The number of nitrogens with zero attached hydrogens (tertiary/aromatic N) is 1. The minimum Gasteiger partial charge on any atom is -0.380 e. The van der Waals surface area contributed by atoms with Crippen LogP contribution in [-0.4, -0.2) is 29.7 Å². The number of methoxy groups -OCH3 is 1. The van der Waals surface area contributed by atoms with Crippen LogP contribution in [0.2, 0.25) is 0 Å². The quantitative estimate of drug-likeness (QED) is 0.808. The van der Waals surface area contributed by atoms with Gasteiger partial charge in [-0.15, -0.1) is 0 Å². The lowest BCUT2D eigenvalue weighted by molar-refractivity contribution is 0.128. The maximum atomic E-state index is 11.2. The maximum absolute atomic E-state index is 11.2. The molecular weight excluding hydrogens is 297 g/mol. The van der Waals surface area contributed by atoms with Crippen LogP contribution >= 0.6 is 22.6 Å². The fraction of sp³-hybridized carbons (Fsp3) is 0.500. The topological polar surface area (TPSA) is 67.0 Å². The Kier molecular flexibility index (Phi) is 4.33. The number of hydrogen-bond acceptors (Lipinski definition) is 4. The van der Waals surface area contributed by atoms with Crippen LogP contribution in [0.3, 0.4) is 0 Å². The molecule has 0 fully saturated rings. The fourth-order valence-electron chi connectivity index (χ4n) is 0.830. The molecule has 0 aliphatic rings. The van der Waals surface area contributed by atoms with Crippen LogP contribution in [0, 0.1) is 3.57 Å². The van der Waals surface area contributed by atoms with Crippen LogP contribution in [0.5, 0.6) is 0 Å². The second-order valence-corrected chi connectivity index (χ2v) is 3.90. The summed E-state index contributed by atoms with van der Waals surface area (Å²) in [6.45, 7) is 2.57. The lowest BCUT2D eigenvalue weighted by atomic mass is 10.4. The number of aromatic amines is 1. The molecule has 0 saturated carbocycles. The van der Waals surface area contributed by atoms with Crippen molar-refractivity contribution in [2.45, 2.75) is 13.0 Å². The number of halogens is 1. The number of hydrogen-bond donors (Lipinski definition) is 2. The Balaban J connectivity index is 2.68. The highest BCUT2D eigenvalue weighted by Crippen LogP contribution is 2.08. The Morgan fingerprint density at radius 2 is 2.50 bits per heavy atom. The van der Waals surface area contributed by atoms with Crippen molar-refractivity contribution in [1.82, 2.24) is 9.97 Å². The minimum absolute atomic E-state index is 0.0897. The van der Waals surface area contributed by atoms with Gasteiger partial charge in [0.1, 0.15) is 9.39 Å². The molecule has 0 aliphatic heterocycles. The van der Waals surface area contributed by atoms with Crippen molar-refractivity contribution in [2.24, 2.45) is 0 Å². The van der Waals surface area contributed by atoms with E-state index in [0.29, 0.717) is 15.9 Å². The molecule has 0 bridgehead atoms. The maximum Gasteiger partial charge on any atom is 0.266 e. The summed E-state index contributed by atoms with van der Waals surface area (Å²) in [6.07, 6.45) is 1.47. The Hall–Kier alpha value is -0.630. The van der Waals surface area contributed by atoms with Gasteiger partial charge >= 0.3 is 0 Å². The first-order chi connectivity index (χ1) is 6.65. The molecule has 0 saturated heterocycles. The zero-order chi connectivity index (χ0) is 10.6. The van der Waals surface area contributed by atoms with Crippen molar-refractivity contribution >= 4 is 28.4 Å². The Bertz CT molecular complexity index is 353. The summed E-state index contributed by atoms with van der Waals surface area (Å²) in [5.74, 6) is 0.596. The molecule has 5 nitrogen and oxygen atoms in total. The molecule has 1 aromatic rings. The molecule has 0 aromatic carbocycles. The van der Waals surface area contributed by atoms with Crippen molar-refractivity contribution in [3.8, 4) is 0 Å². The molecule has 0 spiro atoms. The van der Waals surface area contributed by atoms with Gasteiger partial charge in [-0.1, -0.05) is 0 Å². The largest absolute Gasteiger partial charge is 0.380 e. The highest BCUT2D eigenvalue weighted by molar-refractivity contribution is 14.1. The predicted molar refractivity (Wildman–Crippen MR) is 62.5 cm³/mol. The number of rotatable bonds is 4. The molecule has 2 N–H and O–H groups in total. The number of H-pyrrole nitrogens is 1. The smallest absolute Gasteiger partial charge is 0.266 e. The van der Waals surface area contributed by atoms with Gasteiger partial charge in [-0.2, -0.15) is 0 Å². The summed E-state index contributed by atoms with van der Waals surface area (Å²) in [5, 5.41) is 3.04. The third-order valence-electron chi connectivity index (χ3n) is 1.76. The van der Waals surface area contributed by atoms with Crippen molar-refractivity contribution in [3.05, 3.63) is 20.3 Å². The van der Waals surface area contributed by atoms with Gasteiger partial charge in [0.15, 0.2) is 0 Å². The van der Waals surface area contributed by atoms with Gasteiger partial charge in [0.25, 0.3) is 5.56 Å². The number of ether oxygens (including phenoxy) is 1. The van der Waals surface area contributed by atoms with E-state index in [1.165, 1.54) is 6.33 Å². The average Bonchev–Trinajstić information content (AvgIpc) is 2.20. The molecule has 1 heterocycles. The monoisotopic (exact) mass is 309 g/mol. The van der Waals surface area contributed by atoms with E-state index in [2.05, 4.69) is 15.3 Å². The van der Waals surface area contributed by atoms with E-state index in [4.69, 9.17) is 4.74 Å². The average molecular weight is 309 g/mol. The lowest BCUT2D eigenvalue weighted by Gasteiger charge is -2.11. The number of anilines is 1. The van der Waals surface area contributed by atoms with Crippen LogP contribution in [-0.2, 0) is 4.74 Å². The van der Waals surface area contributed by atoms with E-state index in [0.717, 1.165) is 0 Å². The normalized spacial score (nSPS) is 12.5. The standard InChI is InChI=1S/C8H12IN3O2/c1-5(14-2)3-10-7-6(9)8(13)12-4-11-7/h4-5H,3H2,1-2H3,(H2,10,11,12,13). The predicted octanol–water partition coefficient (Wildman–Crippen LogP) is 0.821. The second-order valence-electron chi connectivity index (χ2n) is 2.82.